The van der Waals surface area contributed by atoms with Crippen LogP contribution < -0.4 is 11.1 Å². The first-order valence-electron chi connectivity index (χ1n) is 6.52. The van der Waals surface area contributed by atoms with Gasteiger partial charge in [0.1, 0.15) is 5.82 Å². The van der Waals surface area contributed by atoms with E-state index in [1.54, 1.807) is 6.07 Å². The molecule has 1 aromatic carbocycles. The van der Waals surface area contributed by atoms with Crippen molar-refractivity contribution >= 4 is 17.3 Å². The van der Waals surface area contributed by atoms with Gasteiger partial charge in [-0.25, -0.2) is 4.39 Å². The Hall–Kier alpha value is -0.840. The van der Waals surface area contributed by atoms with E-state index in [2.05, 4.69) is 5.32 Å². The van der Waals surface area contributed by atoms with E-state index in [1.165, 1.54) is 12.1 Å². The molecule has 1 aliphatic rings. The van der Waals surface area contributed by atoms with Crippen LogP contribution >= 0.6 is 11.6 Å². The van der Waals surface area contributed by atoms with Crippen LogP contribution in [-0.2, 0) is 4.74 Å². The van der Waals surface area contributed by atoms with Crippen LogP contribution in [0.25, 0.3) is 0 Å². The Morgan fingerprint density at radius 2 is 2.00 bits per heavy atom. The molecule has 0 radical (unpaired) electrons. The molecule has 1 aliphatic heterocycles. The van der Waals surface area contributed by atoms with Crippen molar-refractivity contribution in [2.75, 3.05) is 11.9 Å². The van der Waals surface area contributed by atoms with Crippen molar-refractivity contribution in [3.05, 3.63) is 29.0 Å². The molecule has 2 rings (SSSR count). The lowest BCUT2D eigenvalue weighted by molar-refractivity contribution is -0.0536. The molecule has 19 heavy (non-hydrogen) atoms. The molecule has 1 heterocycles. The molecule has 3 nitrogen and oxygen atoms in total. The quantitative estimate of drug-likeness (QED) is 0.897. The van der Waals surface area contributed by atoms with E-state index in [1.807, 2.05) is 13.8 Å². The molecule has 0 aromatic heterocycles. The van der Waals surface area contributed by atoms with Crippen molar-refractivity contribution < 1.29 is 9.13 Å². The standard InChI is InChI=1S/C14H20ClFN2O/c1-9-6-14(8-17,7-10(2)19-9)18-13-4-11(15)3-12(16)5-13/h3-5,9-10,18H,6-8,17H2,1-2H3. The predicted molar refractivity (Wildman–Crippen MR) is 76.1 cm³/mol. The Balaban J connectivity index is 2.22. The number of ether oxygens (including phenoxy) is 1. The largest absolute Gasteiger partial charge is 0.378 e. The fourth-order valence-corrected chi connectivity index (χ4v) is 3.15. The first-order chi connectivity index (χ1) is 8.92. The average Bonchev–Trinajstić information content (AvgIpc) is 2.25. The van der Waals surface area contributed by atoms with Crippen LogP contribution in [0.1, 0.15) is 26.7 Å². The molecule has 3 N–H and O–H groups in total. The van der Waals surface area contributed by atoms with E-state index in [4.69, 9.17) is 22.1 Å². The maximum Gasteiger partial charge on any atom is 0.126 e. The van der Waals surface area contributed by atoms with Gasteiger partial charge in [0.2, 0.25) is 0 Å². The van der Waals surface area contributed by atoms with Crippen LogP contribution in [0.4, 0.5) is 10.1 Å². The predicted octanol–water partition coefficient (Wildman–Crippen LogP) is 3.18. The number of hydrogen-bond donors (Lipinski definition) is 2. The fourth-order valence-electron chi connectivity index (χ4n) is 2.93. The summed E-state index contributed by atoms with van der Waals surface area (Å²) in [6.45, 7) is 4.53. The van der Waals surface area contributed by atoms with Gasteiger partial charge in [0.15, 0.2) is 0 Å². The third kappa shape index (κ3) is 3.59. The number of nitrogens with two attached hydrogens (primary N) is 1. The summed E-state index contributed by atoms with van der Waals surface area (Å²) in [5, 5.41) is 3.73. The minimum atomic E-state index is -0.352. The first kappa shape index (κ1) is 14.6. The van der Waals surface area contributed by atoms with Crippen molar-refractivity contribution in [2.45, 2.75) is 44.4 Å². The highest BCUT2D eigenvalue weighted by atomic mass is 35.5. The van der Waals surface area contributed by atoms with Crippen LogP contribution in [0.3, 0.4) is 0 Å². The molecule has 2 unspecified atom stereocenters. The van der Waals surface area contributed by atoms with E-state index in [9.17, 15) is 4.39 Å². The van der Waals surface area contributed by atoms with Crippen LogP contribution in [0, 0.1) is 5.82 Å². The molecule has 0 saturated carbocycles. The second-order valence-corrected chi connectivity index (χ2v) is 5.87. The Bertz CT molecular complexity index is 425. The minimum absolute atomic E-state index is 0.129. The van der Waals surface area contributed by atoms with Gasteiger partial charge in [0.25, 0.3) is 0 Å². The molecule has 0 aliphatic carbocycles. The van der Waals surface area contributed by atoms with Gasteiger partial charge >= 0.3 is 0 Å². The molecule has 2 atom stereocenters. The van der Waals surface area contributed by atoms with Crippen molar-refractivity contribution in [1.82, 2.24) is 0 Å². The topological polar surface area (TPSA) is 47.3 Å². The summed E-state index contributed by atoms with van der Waals surface area (Å²) >= 11 is 5.88. The molecule has 0 amide bonds. The molecule has 106 valence electrons. The van der Waals surface area contributed by atoms with Gasteiger partial charge in [-0.1, -0.05) is 11.6 Å². The zero-order valence-electron chi connectivity index (χ0n) is 11.2. The fraction of sp³-hybridized carbons (Fsp3) is 0.571. The molecule has 1 saturated heterocycles. The maximum atomic E-state index is 13.4. The van der Waals surface area contributed by atoms with E-state index >= 15 is 0 Å². The Kier molecular flexibility index (Phi) is 4.33. The van der Waals surface area contributed by atoms with Crippen molar-refractivity contribution in [2.24, 2.45) is 5.73 Å². The highest BCUT2D eigenvalue weighted by Gasteiger charge is 2.37. The Morgan fingerprint density at radius 3 is 2.53 bits per heavy atom. The molecule has 5 heteroatoms. The SMILES string of the molecule is CC1CC(CN)(Nc2cc(F)cc(Cl)c2)CC(C)O1. The number of halogens is 2. The number of benzene rings is 1. The van der Waals surface area contributed by atoms with Crippen molar-refractivity contribution in [3.63, 3.8) is 0 Å². The average molecular weight is 287 g/mol. The smallest absolute Gasteiger partial charge is 0.126 e. The van der Waals surface area contributed by atoms with Crippen LogP contribution in [-0.4, -0.2) is 24.3 Å². The van der Waals surface area contributed by atoms with E-state index in [0.29, 0.717) is 17.3 Å². The van der Waals surface area contributed by atoms with Gasteiger partial charge in [-0.3, -0.25) is 0 Å². The van der Waals surface area contributed by atoms with Crippen LogP contribution in [0.5, 0.6) is 0 Å². The number of anilines is 1. The molecular formula is C14H20ClFN2O. The summed E-state index contributed by atoms with van der Waals surface area (Å²) in [5.41, 5.74) is 6.34. The first-order valence-corrected chi connectivity index (χ1v) is 6.90. The van der Waals surface area contributed by atoms with Gasteiger partial charge < -0.3 is 15.8 Å². The second kappa shape index (κ2) is 5.65. The normalized spacial score (nSPS) is 31.2. The summed E-state index contributed by atoms with van der Waals surface area (Å²) in [7, 11) is 0. The highest BCUT2D eigenvalue weighted by Crippen LogP contribution is 2.32. The zero-order valence-corrected chi connectivity index (χ0v) is 12.0. The molecule has 0 bridgehead atoms. The Morgan fingerprint density at radius 1 is 1.37 bits per heavy atom. The van der Waals surface area contributed by atoms with Gasteiger partial charge in [-0.05, 0) is 44.9 Å². The summed E-state index contributed by atoms with van der Waals surface area (Å²) in [4.78, 5) is 0. The van der Waals surface area contributed by atoms with E-state index < -0.39 is 0 Å². The third-order valence-electron chi connectivity index (χ3n) is 3.48. The van der Waals surface area contributed by atoms with Gasteiger partial charge in [0.05, 0.1) is 17.7 Å². The summed E-state index contributed by atoms with van der Waals surface area (Å²) in [6.07, 6.45) is 1.84. The minimum Gasteiger partial charge on any atom is -0.378 e. The molecule has 1 fully saturated rings. The number of rotatable bonds is 3. The monoisotopic (exact) mass is 286 g/mol. The van der Waals surface area contributed by atoms with E-state index in [0.717, 1.165) is 12.8 Å². The molecule has 1 aromatic rings. The van der Waals surface area contributed by atoms with Gasteiger partial charge in [-0.15, -0.1) is 0 Å². The number of hydrogen-bond acceptors (Lipinski definition) is 3. The third-order valence-corrected chi connectivity index (χ3v) is 3.70. The van der Waals surface area contributed by atoms with Crippen molar-refractivity contribution in [3.8, 4) is 0 Å². The molecule has 0 spiro atoms. The van der Waals surface area contributed by atoms with Crippen LogP contribution in [0.15, 0.2) is 18.2 Å². The van der Waals surface area contributed by atoms with E-state index in [-0.39, 0.29) is 23.6 Å². The van der Waals surface area contributed by atoms with Gasteiger partial charge in [-0.2, -0.15) is 0 Å². The lowest BCUT2D eigenvalue weighted by Crippen LogP contribution is -2.53. The summed E-state index contributed by atoms with van der Waals surface area (Å²) in [6, 6.07) is 4.44. The van der Waals surface area contributed by atoms with Crippen LogP contribution in [0.2, 0.25) is 5.02 Å². The summed E-state index contributed by atoms with van der Waals surface area (Å²) < 4.78 is 19.1. The second-order valence-electron chi connectivity index (χ2n) is 5.43. The lowest BCUT2D eigenvalue weighted by atomic mass is 9.84. The number of nitrogens with one attached hydrogen (secondary N) is 1. The van der Waals surface area contributed by atoms with Gasteiger partial charge in [0, 0.05) is 17.3 Å². The van der Waals surface area contributed by atoms with Crippen molar-refractivity contribution in [1.29, 1.82) is 0 Å². The maximum absolute atomic E-state index is 13.4. The summed E-state index contributed by atoms with van der Waals surface area (Å²) in [5.74, 6) is -0.352. The highest BCUT2D eigenvalue weighted by molar-refractivity contribution is 6.30. The molecular weight excluding hydrogens is 267 g/mol. The lowest BCUT2D eigenvalue weighted by Gasteiger charge is -2.43. The zero-order chi connectivity index (χ0) is 14.0. The Labute approximate surface area is 118 Å².